The van der Waals surface area contributed by atoms with E-state index in [2.05, 4.69) is 20.1 Å². The number of carbonyl (C=O) groups excluding carboxylic acids is 1. The monoisotopic (exact) mass is 431 g/mol. The maximum Gasteiger partial charge on any atom is 0.410 e. The van der Waals surface area contributed by atoms with Crippen LogP contribution in [0.3, 0.4) is 0 Å². The van der Waals surface area contributed by atoms with Gasteiger partial charge >= 0.3 is 6.09 Å². The van der Waals surface area contributed by atoms with Crippen molar-refractivity contribution < 1.29 is 9.53 Å². The molecule has 9 heteroatoms. The number of carbonyl (C=O) groups is 1. The minimum absolute atomic E-state index is 0.274. The van der Waals surface area contributed by atoms with Crippen LogP contribution in [0.5, 0.6) is 0 Å². The molecule has 0 bridgehead atoms. The first kappa shape index (κ1) is 20.0. The van der Waals surface area contributed by atoms with Gasteiger partial charge in [-0.25, -0.2) is 9.31 Å². The van der Waals surface area contributed by atoms with Crippen LogP contribution in [0.1, 0.15) is 18.6 Å². The topological polar surface area (TPSA) is 80.8 Å². The molecule has 1 aliphatic rings. The average molecular weight is 432 g/mol. The first-order chi connectivity index (χ1) is 15.6. The maximum atomic E-state index is 12.6. The number of hydrogen-bond acceptors (Lipinski definition) is 6. The van der Waals surface area contributed by atoms with Crippen molar-refractivity contribution >= 4 is 17.3 Å². The van der Waals surface area contributed by atoms with Crippen molar-refractivity contribution in [3.05, 3.63) is 66.9 Å². The van der Waals surface area contributed by atoms with E-state index < -0.39 is 0 Å². The highest BCUT2D eigenvalue weighted by Crippen LogP contribution is 2.25. The lowest BCUT2D eigenvalue weighted by Crippen LogP contribution is -2.49. The van der Waals surface area contributed by atoms with Crippen LogP contribution in [-0.4, -0.2) is 61.6 Å². The van der Waals surface area contributed by atoms with Crippen molar-refractivity contribution in [3.63, 3.8) is 0 Å². The second-order valence-corrected chi connectivity index (χ2v) is 7.95. The van der Waals surface area contributed by atoms with Crippen molar-refractivity contribution in [3.8, 4) is 11.3 Å². The molecule has 1 atom stereocenters. The number of fused-ring (bicyclic) bond motifs is 1. The smallest absolute Gasteiger partial charge is 0.410 e. The fraction of sp³-hybridized carbons (Fsp3) is 0.304. The highest BCUT2D eigenvalue weighted by atomic mass is 16.6. The zero-order chi connectivity index (χ0) is 22.1. The molecule has 9 nitrogen and oxygen atoms in total. The fourth-order valence-corrected chi connectivity index (χ4v) is 3.96. The summed E-state index contributed by atoms with van der Waals surface area (Å²) in [6, 6.07) is 9.78. The summed E-state index contributed by atoms with van der Waals surface area (Å²) in [5, 5.41) is 8.72. The number of aromatic nitrogens is 5. The molecule has 0 saturated carbocycles. The number of amides is 1. The number of hydrogen-bond donors (Lipinski definition) is 0. The van der Waals surface area contributed by atoms with Gasteiger partial charge in [-0.3, -0.25) is 9.67 Å². The summed E-state index contributed by atoms with van der Waals surface area (Å²) in [5.74, 6) is 0. The van der Waals surface area contributed by atoms with Gasteiger partial charge in [-0.05, 0) is 12.5 Å². The van der Waals surface area contributed by atoms with Gasteiger partial charge in [-0.2, -0.15) is 10.2 Å². The number of benzene rings is 1. The van der Waals surface area contributed by atoms with Crippen LogP contribution >= 0.6 is 0 Å². The molecule has 1 aromatic carbocycles. The molecule has 0 radical (unpaired) electrons. The van der Waals surface area contributed by atoms with Crippen LogP contribution < -0.4 is 4.90 Å². The van der Waals surface area contributed by atoms with Crippen molar-refractivity contribution in [1.82, 2.24) is 29.3 Å². The van der Waals surface area contributed by atoms with Crippen LogP contribution in [0.15, 0.2) is 61.3 Å². The predicted octanol–water partition coefficient (Wildman–Crippen LogP) is 3.15. The first-order valence-electron chi connectivity index (χ1n) is 10.7. The van der Waals surface area contributed by atoms with Gasteiger partial charge in [0.05, 0.1) is 36.2 Å². The van der Waals surface area contributed by atoms with E-state index in [-0.39, 0.29) is 12.2 Å². The Morgan fingerprint density at radius 3 is 2.50 bits per heavy atom. The second-order valence-electron chi connectivity index (χ2n) is 7.95. The van der Waals surface area contributed by atoms with Crippen molar-refractivity contribution in [2.45, 2.75) is 13.0 Å². The Bertz CT molecular complexity index is 1230. The number of piperazine rings is 1. The molecule has 0 spiro atoms. The standard InChI is InChI=1S/C23H25N7O2/c1-17(18-6-4-3-5-7-18)32-23(31)29-10-8-28(9-11-29)21-14-26-30-16-20(24-13-22(21)30)19-12-25-27(2)15-19/h3-7,12-17H,8-11H2,1-2H3/t17-/m1/s1. The molecule has 4 heterocycles. The number of nitrogens with zero attached hydrogens (tertiary/aromatic N) is 7. The van der Waals surface area contributed by atoms with Crippen molar-refractivity contribution in [1.29, 1.82) is 0 Å². The van der Waals surface area contributed by atoms with Gasteiger partial charge in [0.2, 0.25) is 0 Å². The fourth-order valence-electron chi connectivity index (χ4n) is 3.96. The van der Waals surface area contributed by atoms with E-state index in [1.54, 1.807) is 15.8 Å². The highest BCUT2D eigenvalue weighted by Gasteiger charge is 2.25. The van der Waals surface area contributed by atoms with E-state index in [9.17, 15) is 4.79 Å². The molecule has 0 unspecified atom stereocenters. The number of rotatable bonds is 4. The molecule has 164 valence electrons. The summed E-state index contributed by atoms with van der Waals surface area (Å²) in [4.78, 5) is 21.2. The van der Waals surface area contributed by atoms with E-state index in [4.69, 9.17) is 4.74 Å². The lowest BCUT2D eigenvalue weighted by Gasteiger charge is -2.35. The summed E-state index contributed by atoms with van der Waals surface area (Å²) < 4.78 is 9.26. The van der Waals surface area contributed by atoms with Crippen LogP contribution in [0.2, 0.25) is 0 Å². The molecule has 0 N–H and O–H groups in total. The molecule has 1 fully saturated rings. The molecular formula is C23H25N7O2. The third-order valence-corrected chi connectivity index (χ3v) is 5.81. The van der Waals surface area contributed by atoms with E-state index in [0.717, 1.165) is 28.0 Å². The Morgan fingerprint density at radius 2 is 1.78 bits per heavy atom. The van der Waals surface area contributed by atoms with Gasteiger partial charge in [-0.1, -0.05) is 30.3 Å². The van der Waals surface area contributed by atoms with E-state index >= 15 is 0 Å². The van der Waals surface area contributed by atoms with Crippen molar-refractivity contribution in [2.24, 2.45) is 7.05 Å². The molecule has 5 rings (SSSR count). The molecule has 32 heavy (non-hydrogen) atoms. The summed E-state index contributed by atoms with van der Waals surface area (Å²) >= 11 is 0. The summed E-state index contributed by atoms with van der Waals surface area (Å²) in [6.07, 6.45) is 8.77. The molecule has 4 aromatic rings. The van der Waals surface area contributed by atoms with Gasteiger partial charge in [0, 0.05) is 45.0 Å². The average Bonchev–Trinajstić information content (AvgIpc) is 3.45. The van der Waals surface area contributed by atoms with Crippen LogP contribution in [0.4, 0.5) is 10.5 Å². The van der Waals surface area contributed by atoms with Gasteiger partial charge in [0.15, 0.2) is 0 Å². The Morgan fingerprint density at radius 1 is 1.00 bits per heavy atom. The van der Waals surface area contributed by atoms with Gasteiger partial charge in [0.1, 0.15) is 11.6 Å². The number of aryl methyl sites for hydroxylation is 1. The predicted molar refractivity (Wildman–Crippen MR) is 120 cm³/mol. The Balaban J connectivity index is 1.23. The molecule has 3 aromatic heterocycles. The van der Waals surface area contributed by atoms with E-state index in [1.165, 1.54) is 0 Å². The maximum absolute atomic E-state index is 12.6. The molecular weight excluding hydrogens is 406 g/mol. The van der Waals surface area contributed by atoms with Crippen LogP contribution in [0, 0.1) is 0 Å². The summed E-state index contributed by atoms with van der Waals surface area (Å²) in [7, 11) is 1.88. The molecule has 1 amide bonds. The quantitative estimate of drug-likeness (QED) is 0.494. The lowest BCUT2D eigenvalue weighted by atomic mass is 10.1. The summed E-state index contributed by atoms with van der Waals surface area (Å²) in [5.41, 5.74) is 4.71. The number of ether oxygens (including phenoxy) is 1. The molecule has 1 saturated heterocycles. The third-order valence-electron chi connectivity index (χ3n) is 5.81. The normalized spacial score (nSPS) is 15.2. The minimum atomic E-state index is -0.276. The Labute approximate surface area is 185 Å². The van der Waals surface area contributed by atoms with Gasteiger partial charge < -0.3 is 14.5 Å². The van der Waals surface area contributed by atoms with Gasteiger partial charge in [0.25, 0.3) is 0 Å². The SMILES string of the molecule is C[C@@H](OC(=O)N1CCN(c2cnn3cc(-c4cnn(C)c4)ncc23)CC1)c1ccccc1. The molecule has 1 aliphatic heterocycles. The van der Waals surface area contributed by atoms with Crippen LogP contribution in [-0.2, 0) is 11.8 Å². The first-order valence-corrected chi connectivity index (χ1v) is 10.7. The second kappa shape index (κ2) is 8.33. The number of anilines is 1. The van der Waals surface area contributed by atoms with Crippen LogP contribution in [0.25, 0.3) is 16.8 Å². The summed E-state index contributed by atoms with van der Waals surface area (Å²) in [6.45, 7) is 4.51. The lowest BCUT2D eigenvalue weighted by molar-refractivity contribution is 0.0681. The highest BCUT2D eigenvalue weighted by molar-refractivity contribution is 5.74. The third kappa shape index (κ3) is 3.89. The van der Waals surface area contributed by atoms with Crippen molar-refractivity contribution in [2.75, 3.05) is 31.1 Å². The zero-order valence-corrected chi connectivity index (χ0v) is 18.1. The largest absolute Gasteiger partial charge is 0.442 e. The molecule has 0 aliphatic carbocycles. The zero-order valence-electron chi connectivity index (χ0n) is 18.1. The van der Waals surface area contributed by atoms with E-state index in [0.29, 0.717) is 26.2 Å². The Kier molecular flexibility index (Phi) is 5.22. The van der Waals surface area contributed by atoms with Gasteiger partial charge in [-0.15, -0.1) is 0 Å². The minimum Gasteiger partial charge on any atom is -0.442 e. The Hall–Kier alpha value is -3.88. The van der Waals surface area contributed by atoms with E-state index in [1.807, 2.05) is 73.6 Å².